The molecule has 0 spiro atoms. The van der Waals surface area contributed by atoms with Gasteiger partial charge >= 0.3 is 12.1 Å². The maximum absolute atomic E-state index is 12.9. The van der Waals surface area contributed by atoms with Crippen LogP contribution in [0.25, 0.3) is 10.8 Å². The molecule has 0 unspecified atom stereocenters. The lowest BCUT2D eigenvalue weighted by atomic mass is 9.98. The van der Waals surface area contributed by atoms with Crippen LogP contribution in [-0.4, -0.2) is 35.2 Å². The number of carboxylic acid groups (broad SMARTS) is 1. The minimum Gasteiger partial charge on any atom is -0.480 e. The molecule has 0 fully saturated rings. The first-order valence-electron chi connectivity index (χ1n) is 10.8. The molecule has 7 heteroatoms. The predicted molar refractivity (Wildman–Crippen MR) is 126 cm³/mol. The van der Waals surface area contributed by atoms with Gasteiger partial charge in [-0.1, -0.05) is 86.6 Å². The van der Waals surface area contributed by atoms with E-state index in [1.165, 1.54) is 0 Å². The molecule has 3 rings (SSSR count). The van der Waals surface area contributed by atoms with Crippen molar-refractivity contribution in [1.82, 2.24) is 10.6 Å². The number of rotatable bonds is 9. The molecule has 0 saturated carbocycles. The maximum atomic E-state index is 12.9. The molecule has 0 aromatic heterocycles. The van der Waals surface area contributed by atoms with Gasteiger partial charge in [-0.15, -0.1) is 0 Å². The van der Waals surface area contributed by atoms with Crippen LogP contribution in [0.1, 0.15) is 25.0 Å². The fourth-order valence-corrected chi connectivity index (χ4v) is 3.58. The SMILES string of the molecule is CC(C)[C@H](NC(=O)OCc1ccccc1)C(=O)N[C@@H](Cc1cccc2ccccc12)C(=O)O. The smallest absolute Gasteiger partial charge is 0.408 e. The summed E-state index contributed by atoms with van der Waals surface area (Å²) < 4.78 is 5.21. The van der Waals surface area contributed by atoms with Crippen molar-refractivity contribution in [2.24, 2.45) is 5.92 Å². The molecule has 0 aliphatic carbocycles. The Morgan fingerprint density at radius 3 is 2.24 bits per heavy atom. The third kappa shape index (κ3) is 6.55. The van der Waals surface area contributed by atoms with E-state index in [1.54, 1.807) is 13.8 Å². The van der Waals surface area contributed by atoms with Gasteiger partial charge in [-0.3, -0.25) is 4.79 Å². The van der Waals surface area contributed by atoms with Crippen LogP contribution in [0.15, 0.2) is 72.8 Å². The largest absolute Gasteiger partial charge is 0.480 e. The van der Waals surface area contributed by atoms with E-state index >= 15 is 0 Å². The fraction of sp³-hybridized carbons (Fsp3) is 0.269. The van der Waals surface area contributed by atoms with Crippen LogP contribution in [0, 0.1) is 5.92 Å². The highest BCUT2D eigenvalue weighted by molar-refractivity contribution is 5.90. The highest BCUT2D eigenvalue weighted by Gasteiger charge is 2.29. The lowest BCUT2D eigenvalue weighted by Gasteiger charge is -2.24. The summed E-state index contributed by atoms with van der Waals surface area (Å²) in [5.41, 5.74) is 1.64. The van der Waals surface area contributed by atoms with Gasteiger partial charge in [-0.25, -0.2) is 9.59 Å². The van der Waals surface area contributed by atoms with Crippen LogP contribution < -0.4 is 10.6 Å². The van der Waals surface area contributed by atoms with Crippen molar-refractivity contribution in [3.63, 3.8) is 0 Å². The Hall–Kier alpha value is -3.87. The highest BCUT2D eigenvalue weighted by Crippen LogP contribution is 2.20. The molecule has 0 radical (unpaired) electrons. The van der Waals surface area contributed by atoms with Crippen LogP contribution in [0.5, 0.6) is 0 Å². The number of aliphatic carboxylic acids is 1. The second-order valence-electron chi connectivity index (χ2n) is 8.17. The second kappa shape index (κ2) is 11.1. The van der Waals surface area contributed by atoms with Crippen LogP contribution in [0.4, 0.5) is 4.79 Å². The number of alkyl carbamates (subject to hydrolysis) is 1. The number of ether oxygens (including phenoxy) is 1. The molecule has 2 atom stereocenters. The monoisotopic (exact) mass is 448 g/mol. The fourth-order valence-electron chi connectivity index (χ4n) is 3.58. The van der Waals surface area contributed by atoms with E-state index in [2.05, 4.69) is 10.6 Å². The first-order valence-corrected chi connectivity index (χ1v) is 10.8. The van der Waals surface area contributed by atoms with Crippen LogP contribution in [0.2, 0.25) is 0 Å². The minimum absolute atomic E-state index is 0.0674. The molecular weight excluding hydrogens is 420 g/mol. The summed E-state index contributed by atoms with van der Waals surface area (Å²) in [5, 5.41) is 16.8. The Morgan fingerprint density at radius 1 is 0.879 bits per heavy atom. The number of carboxylic acids is 1. The zero-order valence-electron chi connectivity index (χ0n) is 18.7. The Kier molecular flexibility index (Phi) is 8.02. The van der Waals surface area contributed by atoms with Crippen molar-refractivity contribution in [2.75, 3.05) is 0 Å². The van der Waals surface area contributed by atoms with Crippen molar-refractivity contribution >= 4 is 28.7 Å². The molecule has 3 aromatic carbocycles. The summed E-state index contributed by atoms with van der Waals surface area (Å²) in [6.07, 6.45) is -0.625. The molecule has 0 bridgehead atoms. The molecule has 3 aromatic rings. The van der Waals surface area contributed by atoms with E-state index in [0.29, 0.717) is 0 Å². The molecule has 0 aliphatic heterocycles. The lowest BCUT2D eigenvalue weighted by molar-refractivity contribution is -0.142. The number of carbonyl (C=O) groups excluding carboxylic acids is 2. The molecule has 2 amide bonds. The average Bonchev–Trinajstić information content (AvgIpc) is 2.81. The Bertz CT molecular complexity index is 1110. The Labute approximate surface area is 192 Å². The molecule has 172 valence electrons. The Balaban J connectivity index is 1.66. The lowest BCUT2D eigenvalue weighted by Crippen LogP contribution is -2.54. The van der Waals surface area contributed by atoms with Gasteiger partial charge in [0.25, 0.3) is 0 Å². The van der Waals surface area contributed by atoms with Crippen molar-refractivity contribution in [2.45, 2.75) is 39.0 Å². The van der Waals surface area contributed by atoms with Crippen molar-refractivity contribution in [1.29, 1.82) is 0 Å². The first-order chi connectivity index (χ1) is 15.8. The number of benzene rings is 3. The summed E-state index contributed by atoms with van der Waals surface area (Å²) in [7, 11) is 0. The van der Waals surface area contributed by atoms with E-state index in [-0.39, 0.29) is 18.9 Å². The van der Waals surface area contributed by atoms with E-state index in [4.69, 9.17) is 4.74 Å². The molecule has 0 aliphatic rings. The van der Waals surface area contributed by atoms with E-state index in [9.17, 15) is 19.5 Å². The number of hydrogen-bond donors (Lipinski definition) is 3. The van der Waals surface area contributed by atoms with Gasteiger partial charge in [0.05, 0.1) is 0 Å². The maximum Gasteiger partial charge on any atom is 0.408 e. The summed E-state index contributed by atoms with van der Waals surface area (Å²) in [5.74, 6) is -2.00. The minimum atomic E-state index is -1.15. The molecule has 0 heterocycles. The van der Waals surface area contributed by atoms with Crippen molar-refractivity contribution in [3.8, 4) is 0 Å². The normalized spacial score (nSPS) is 12.7. The van der Waals surface area contributed by atoms with Crippen LogP contribution in [-0.2, 0) is 27.4 Å². The van der Waals surface area contributed by atoms with Gasteiger partial charge in [0.1, 0.15) is 18.7 Å². The average molecular weight is 449 g/mol. The van der Waals surface area contributed by atoms with Gasteiger partial charge in [0.15, 0.2) is 0 Å². The van der Waals surface area contributed by atoms with Crippen molar-refractivity contribution in [3.05, 3.63) is 83.9 Å². The molecule has 7 nitrogen and oxygen atoms in total. The third-order valence-electron chi connectivity index (χ3n) is 5.35. The topological polar surface area (TPSA) is 105 Å². The quantitative estimate of drug-likeness (QED) is 0.460. The van der Waals surface area contributed by atoms with Crippen LogP contribution in [0.3, 0.4) is 0 Å². The standard InChI is InChI=1S/C26H28N2O5/c1-17(2)23(28-26(32)33-16-18-9-4-3-5-10-18)24(29)27-22(25(30)31)15-20-13-8-12-19-11-6-7-14-21(19)20/h3-14,17,22-23H,15-16H2,1-2H3,(H,27,29)(H,28,32)(H,30,31)/t22-,23-/m0/s1. The van der Waals surface area contributed by atoms with Crippen molar-refractivity contribution < 1.29 is 24.2 Å². The number of carbonyl (C=O) groups is 3. The number of amides is 2. The highest BCUT2D eigenvalue weighted by atomic mass is 16.5. The van der Waals surface area contributed by atoms with Gasteiger partial charge < -0.3 is 20.5 Å². The summed E-state index contributed by atoms with van der Waals surface area (Å²) >= 11 is 0. The summed E-state index contributed by atoms with van der Waals surface area (Å²) in [6.45, 7) is 3.60. The summed E-state index contributed by atoms with van der Waals surface area (Å²) in [6, 6.07) is 20.4. The molecular formula is C26H28N2O5. The first kappa shape index (κ1) is 23.8. The zero-order valence-corrected chi connectivity index (χ0v) is 18.7. The van der Waals surface area contributed by atoms with E-state index in [0.717, 1.165) is 21.9 Å². The van der Waals surface area contributed by atoms with E-state index < -0.39 is 30.1 Å². The van der Waals surface area contributed by atoms with E-state index in [1.807, 2.05) is 72.8 Å². The number of hydrogen-bond acceptors (Lipinski definition) is 4. The third-order valence-corrected chi connectivity index (χ3v) is 5.35. The number of nitrogens with one attached hydrogen (secondary N) is 2. The summed E-state index contributed by atoms with van der Waals surface area (Å²) in [4.78, 5) is 37.1. The van der Waals surface area contributed by atoms with Gasteiger partial charge in [0, 0.05) is 6.42 Å². The van der Waals surface area contributed by atoms with Gasteiger partial charge in [-0.2, -0.15) is 0 Å². The predicted octanol–water partition coefficient (Wildman–Crippen LogP) is 3.90. The van der Waals surface area contributed by atoms with Crippen LogP contribution >= 0.6 is 0 Å². The van der Waals surface area contributed by atoms with Gasteiger partial charge in [0.2, 0.25) is 5.91 Å². The molecule has 3 N–H and O–H groups in total. The molecule has 33 heavy (non-hydrogen) atoms. The second-order valence-corrected chi connectivity index (χ2v) is 8.17. The molecule has 0 saturated heterocycles. The Morgan fingerprint density at radius 2 is 1.55 bits per heavy atom. The number of fused-ring (bicyclic) bond motifs is 1. The van der Waals surface area contributed by atoms with Gasteiger partial charge in [-0.05, 0) is 27.8 Å². The zero-order chi connectivity index (χ0) is 23.8.